The fourth-order valence-corrected chi connectivity index (χ4v) is 16.7. The smallest absolute Gasteiger partial charge is 0.160 e. The van der Waals surface area contributed by atoms with Crippen LogP contribution < -0.4 is 5.32 Å². The van der Waals surface area contributed by atoms with Crippen LogP contribution in [0.1, 0.15) is 153 Å². The number of nitrogens with zero attached hydrogens (tertiary/aromatic N) is 1. The van der Waals surface area contributed by atoms with Crippen LogP contribution in [0, 0.1) is 51.8 Å². The molecule has 5 heterocycles. The molecular formula is C56H79N3O8. The Morgan fingerprint density at radius 3 is 2.40 bits per heavy atom. The number of aryl methyl sites for hydroxylation is 2. The first-order valence-corrected chi connectivity index (χ1v) is 25.8. The molecule has 11 nitrogen and oxygen atoms in total. The molecule has 7 aliphatic rings. The van der Waals surface area contributed by atoms with Crippen molar-refractivity contribution in [1.82, 2.24) is 14.9 Å². The number of H-pyrrole nitrogens is 1. The Morgan fingerprint density at radius 2 is 1.72 bits per heavy atom. The number of aromatic amines is 1. The maximum absolute atomic E-state index is 15.4. The van der Waals surface area contributed by atoms with Crippen LogP contribution in [-0.4, -0.2) is 98.9 Å². The number of aromatic nitrogens is 2. The van der Waals surface area contributed by atoms with Gasteiger partial charge in [-0.05, 0) is 136 Å². The van der Waals surface area contributed by atoms with E-state index in [4.69, 9.17) is 9.47 Å². The molecule has 0 amide bonds. The number of hydrogen-bond donors (Lipinski definition) is 6. The van der Waals surface area contributed by atoms with Crippen molar-refractivity contribution in [3.63, 3.8) is 0 Å². The number of aliphatic hydroxyl groups excluding tert-OH is 3. The summed E-state index contributed by atoms with van der Waals surface area (Å²) in [7, 11) is 1.95. The van der Waals surface area contributed by atoms with Crippen LogP contribution in [0.4, 0.5) is 0 Å². The van der Waals surface area contributed by atoms with E-state index in [9.17, 15) is 25.2 Å². The Kier molecular flexibility index (Phi) is 11.5. The van der Waals surface area contributed by atoms with Gasteiger partial charge in [0, 0.05) is 98.2 Å². The molecule has 4 aliphatic carbocycles. The first-order chi connectivity index (χ1) is 31.6. The lowest BCUT2D eigenvalue weighted by atomic mass is 9.34. The third kappa shape index (κ3) is 7.03. The average molecular weight is 922 g/mol. The van der Waals surface area contributed by atoms with E-state index in [1.54, 1.807) is 0 Å². The number of hydrogen-bond acceptors (Lipinski definition) is 9. The molecule has 10 rings (SSSR count). The molecule has 2 aromatic heterocycles. The zero-order valence-corrected chi connectivity index (χ0v) is 41.8. The summed E-state index contributed by atoms with van der Waals surface area (Å²) >= 11 is 0. The predicted molar refractivity (Wildman–Crippen MR) is 259 cm³/mol. The Balaban J connectivity index is 1.15. The summed E-state index contributed by atoms with van der Waals surface area (Å²) in [5.74, 6) is -0.219. The highest BCUT2D eigenvalue weighted by Gasteiger charge is 2.73. The maximum atomic E-state index is 15.4. The highest BCUT2D eigenvalue weighted by atomic mass is 16.6. The summed E-state index contributed by atoms with van der Waals surface area (Å²) in [4.78, 5) is 33.3. The minimum absolute atomic E-state index is 0.0255. The Bertz CT molecular complexity index is 2500. The van der Waals surface area contributed by atoms with Gasteiger partial charge in [-0.2, -0.15) is 0 Å². The predicted octanol–water partition coefficient (Wildman–Crippen LogP) is 7.95. The van der Waals surface area contributed by atoms with Gasteiger partial charge in [0.15, 0.2) is 5.78 Å². The first-order valence-electron chi connectivity index (χ1n) is 25.8. The third-order valence-electron chi connectivity index (χ3n) is 20.3. The number of fused-ring (bicyclic) bond motifs is 4. The van der Waals surface area contributed by atoms with Gasteiger partial charge in [0.25, 0.3) is 0 Å². The van der Waals surface area contributed by atoms with Gasteiger partial charge in [-0.3, -0.25) is 9.59 Å². The molecule has 0 bridgehead atoms. The minimum atomic E-state index is -0.992. The van der Waals surface area contributed by atoms with E-state index < -0.39 is 51.0 Å². The minimum Gasteiger partial charge on any atom is -0.396 e. The van der Waals surface area contributed by atoms with Crippen LogP contribution in [0.25, 0.3) is 11.0 Å². The fraction of sp³-hybridized carbons (Fsp3) is 0.714. The van der Waals surface area contributed by atoms with Gasteiger partial charge in [0.2, 0.25) is 0 Å². The molecule has 3 saturated carbocycles. The zero-order chi connectivity index (χ0) is 47.9. The van der Waals surface area contributed by atoms with E-state index in [1.165, 1.54) is 0 Å². The number of nitrogens with one attached hydrogen (secondary N) is 2. The average Bonchev–Trinajstić information content (AvgIpc) is 3.52. The molecule has 5 fully saturated rings. The van der Waals surface area contributed by atoms with Gasteiger partial charge in [-0.1, -0.05) is 58.4 Å². The normalized spacial score (nSPS) is 38.6. The van der Waals surface area contributed by atoms with E-state index >= 15 is 4.79 Å². The molecule has 6 N–H and O–H groups in total. The van der Waals surface area contributed by atoms with Gasteiger partial charge in [-0.25, -0.2) is 0 Å². The summed E-state index contributed by atoms with van der Waals surface area (Å²) in [5.41, 5.74) is 5.13. The highest BCUT2D eigenvalue weighted by molar-refractivity contribution is 6.02. The third-order valence-corrected chi connectivity index (χ3v) is 20.3. The molecule has 12 unspecified atom stereocenters. The van der Waals surface area contributed by atoms with Crippen molar-refractivity contribution in [3.8, 4) is 0 Å². The number of Topliss-reactive ketones (excluding diaryl/α,β-unsaturated/α-hetero) is 2. The number of carbonyl (C=O) groups is 2. The quantitative estimate of drug-likeness (QED) is 0.105. The molecule has 0 radical (unpaired) electrons. The van der Waals surface area contributed by atoms with Gasteiger partial charge >= 0.3 is 0 Å². The molecule has 3 aromatic rings. The summed E-state index contributed by atoms with van der Waals surface area (Å²) < 4.78 is 14.1. The first kappa shape index (κ1) is 47.5. The van der Waals surface area contributed by atoms with Crippen LogP contribution >= 0.6 is 0 Å². The lowest BCUT2D eigenvalue weighted by molar-refractivity contribution is -0.222. The number of epoxide rings is 1. The van der Waals surface area contributed by atoms with Gasteiger partial charge < -0.3 is 44.8 Å². The lowest BCUT2D eigenvalue weighted by Crippen LogP contribution is -2.68. The van der Waals surface area contributed by atoms with E-state index in [0.29, 0.717) is 76.9 Å². The Labute approximate surface area is 397 Å². The summed E-state index contributed by atoms with van der Waals surface area (Å²) in [5, 5.41) is 51.8. The van der Waals surface area contributed by atoms with E-state index in [0.717, 1.165) is 82.2 Å². The van der Waals surface area contributed by atoms with Crippen molar-refractivity contribution in [2.45, 2.75) is 174 Å². The molecule has 0 spiro atoms. The monoisotopic (exact) mass is 922 g/mol. The zero-order valence-electron chi connectivity index (χ0n) is 41.8. The number of rotatable bonds is 11. The van der Waals surface area contributed by atoms with Gasteiger partial charge in [0.1, 0.15) is 11.9 Å². The summed E-state index contributed by atoms with van der Waals surface area (Å²) in [6.45, 7) is 19.8. The molecule has 2 saturated heterocycles. The largest absolute Gasteiger partial charge is 0.396 e. The molecule has 3 aliphatic heterocycles. The molecule has 1 aromatic carbocycles. The Hall–Kier alpha value is -3.16. The van der Waals surface area contributed by atoms with E-state index in [-0.39, 0.29) is 41.7 Å². The van der Waals surface area contributed by atoms with Crippen LogP contribution in [-0.2, 0) is 37.6 Å². The van der Waals surface area contributed by atoms with Crippen molar-refractivity contribution in [2.75, 3.05) is 33.4 Å². The number of carbonyl (C=O) groups excluding carboxylic acids is 2. The van der Waals surface area contributed by atoms with Crippen molar-refractivity contribution in [3.05, 3.63) is 69.6 Å². The van der Waals surface area contributed by atoms with Crippen molar-refractivity contribution >= 4 is 22.6 Å². The fourth-order valence-electron chi connectivity index (χ4n) is 16.7. The van der Waals surface area contributed by atoms with Gasteiger partial charge in [-0.15, -0.1) is 0 Å². The SMILES string of the molecule is CNCCC1(C)C(=O)CCC2(C)C1CCC1(C)C2C(O)C2Cn3cc(C(CCO)c4cc(C)cc(C5(O)CCOCC5)c4)c4[nH]cc(c43)CCC(C)(CC(O)C3OC3(C)C)C3=C2C1(C)CC3=O. The summed E-state index contributed by atoms with van der Waals surface area (Å²) in [6.07, 6.45) is 9.69. The molecule has 366 valence electrons. The van der Waals surface area contributed by atoms with E-state index in [1.807, 2.05) is 20.9 Å². The molecule has 11 heteroatoms. The molecular weight excluding hydrogens is 843 g/mol. The number of ether oxygens (including phenoxy) is 2. The van der Waals surface area contributed by atoms with Gasteiger partial charge in [0.05, 0.1) is 34.4 Å². The second kappa shape index (κ2) is 16.2. The van der Waals surface area contributed by atoms with Crippen LogP contribution in [0.2, 0.25) is 0 Å². The number of ketones is 2. The van der Waals surface area contributed by atoms with Crippen LogP contribution in [0.3, 0.4) is 0 Å². The summed E-state index contributed by atoms with van der Waals surface area (Å²) in [6, 6.07) is 6.41. The number of aliphatic hydroxyl groups is 4. The highest BCUT2D eigenvalue weighted by Crippen LogP contribution is 2.76. The topological polar surface area (TPSA) is 170 Å². The second-order valence-corrected chi connectivity index (χ2v) is 24.6. The van der Waals surface area contributed by atoms with Crippen molar-refractivity contribution in [1.29, 1.82) is 0 Å². The lowest BCUT2D eigenvalue weighted by Gasteiger charge is -2.70. The Morgan fingerprint density at radius 1 is 0.985 bits per heavy atom. The van der Waals surface area contributed by atoms with Crippen LogP contribution in [0.15, 0.2) is 41.7 Å². The van der Waals surface area contributed by atoms with E-state index in [2.05, 4.69) is 87.0 Å². The van der Waals surface area contributed by atoms with Crippen molar-refractivity contribution < 1.29 is 39.5 Å². The van der Waals surface area contributed by atoms with Crippen molar-refractivity contribution in [2.24, 2.45) is 44.8 Å². The van der Waals surface area contributed by atoms with Crippen LogP contribution in [0.5, 0.6) is 0 Å². The standard InChI is InChI=1S/C56H79N3O8/c1-32-24-34(26-35(25-32)56(65)18-22-66-23-19-56)36(13-21-60)37-30-59-31-38-43-44(51(4,27-40(62)49-50(2,3)67-49)14-10-33-29-58-45(37)46(33)59)39(61)28-55(43,8)54(7)16-11-41-52(5,17-20-57-9)42(63)12-15-53(41,6)48(54)47(38)64/h24-26,29-30,36,38,40-41,47-49,57-58,60,62,64-65H,10-23,27-28,31H2,1-9H3. The maximum Gasteiger partial charge on any atom is 0.160 e. The second-order valence-electron chi connectivity index (χ2n) is 24.6. The number of allylic oxidation sites excluding steroid dienone is 1. The molecule has 12 atom stereocenters. The number of benzene rings is 1. The molecule has 67 heavy (non-hydrogen) atoms.